The maximum atomic E-state index is 14.2. The van der Waals surface area contributed by atoms with Crippen LogP contribution in [0.4, 0.5) is 4.39 Å². The number of carbonyl (C=O) groups excluding carboxylic acids is 1. The zero-order chi connectivity index (χ0) is 22.2. The largest absolute Gasteiger partial charge is 0.435 e. The average molecular weight is 468 g/mol. The van der Waals surface area contributed by atoms with Gasteiger partial charge in [0.15, 0.2) is 11.6 Å². The van der Waals surface area contributed by atoms with Crippen molar-refractivity contribution in [3.05, 3.63) is 75.3 Å². The van der Waals surface area contributed by atoms with E-state index in [0.29, 0.717) is 14.9 Å². The molecule has 162 valence electrons. The molecular formula is C23H18FN3O3S2. The lowest BCUT2D eigenvalue weighted by molar-refractivity contribution is -0.123. The van der Waals surface area contributed by atoms with Crippen molar-refractivity contribution in [3.63, 3.8) is 0 Å². The number of hydrogen-bond donors (Lipinski definition) is 0. The van der Waals surface area contributed by atoms with E-state index in [1.165, 1.54) is 22.6 Å². The first kappa shape index (κ1) is 20.8. The molecule has 0 atom stereocenters. The predicted octanol–water partition coefficient (Wildman–Crippen LogP) is 4.77. The second-order valence-electron chi connectivity index (χ2n) is 7.59. The molecule has 0 radical (unpaired) electrons. The van der Waals surface area contributed by atoms with Crippen molar-refractivity contribution in [2.75, 3.05) is 0 Å². The van der Waals surface area contributed by atoms with Crippen LogP contribution >= 0.6 is 24.0 Å². The SMILES string of the molecule is O=C1/C(=C\c2c(Oc3ccccc3F)nc3ccccn3c2=O)SC(=S)N1C1CCCC1. The number of thioether (sulfide) groups is 1. The molecule has 3 aromatic rings. The van der Waals surface area contributed by atoms with Crippen LogP contribution in [0.3, 0.4) is 0 Å². The van der Waals surface area contributed by atoms with Gasteiger partial charge in [0, 0.05) is 12.2 Å². The molecule has 0 N–H and O–H groups in total. The van der Waals surface area contributed by atoms with Crippen molar-refractivity contribution in [2.45, 2.75) is 31.7 Å². The summed E-state index contributed by atoms with van der Waals surface area (Å²) in [6.45, 7) is 0. The lowest BCUT2D eigenvalue weighted by atomic mass is 10.2. The van der Waals surface area contributed by atoms with E-state index in [9.17, 15) is 14.0 Å². The third-order valence-electron chi connectivity index (χ3n) is 5.57. The summed E-state index contributed by atoms with van der Waals surface area (Å²) in [6, 6.07) is 11.1. The first-order valence-electron chi connectivity index (χ1n) is 10.2. The number of hydrogen-bond acceptors (Lipinski definition) is 6. The molecule has 5 rings (SSSR count). The van der Waals surface area contributed by atoms with E-state index < -0.39 is 11.4 Å². The number of ether oxygens (including phenoxy) is 1. The fourth-order valence-electron chi connectivity index (χ4n) is 4.00. The molecule has 1 amide bonds. The Morgan fingerprint density at radius 2 is 1.88 bits per heavy atom. The summed E-state index contributed by atoms with van der Waals surface area (Å²) >= 11 is 6.62. The minimum Gasteiger partial charge on any atom is -0.435 e. The summed E-state index contributed by atoms with van der Waals surface area (Å²) in [5.74, 6) is -0.937. The number of halogens is 1. The fourth-order valence-corrected chi connectivity index (χ4v) is 5.39. The van der Waals surface area contributed by atoms with Crippen LogP contribution in [0.15, 0.2) is 58.4 Å². The van der Waals surface area contributed by atoms with Crippen molar-refractivity contribution in [1.82, 2.24) is 14.3 Å². The molecule has 6 nitrogen and oxygen atoms in total. The number of aromatic nitrogens is 2. The summed E-state index contributed by atoms with van der Waals surface area (Å²) in [6.07, 6.45) is 7.01. The second kappa shape index (κ2) is 8.48. The molecule has 9 heteroatoms. The maximum Gasteiger partial charge on any atom is 0.269 e. The molecule has 3 heterocycles. The molecule has 2 aliphatic rings. The normalized spacial score (nSPS) is 18.3. The van der Waals surface area contributed by atoms with Crippen molar-refractivity contribution in [2.24, 2.45) is 0 Å². The molecule has 1 aromatic carbocycles. The van der Waals surface area contributed by atoms with E-state index in [-0.39, 0.29) is 29.1 Å². The molecule has 2 aromatic heterocycles. The zero-order valence-electron chi connectivity index (χ0n) is 16.9. The number of pyridine rings is 1. The Labute approximate surface area is 192 Å². The van der Waals surface area contributed by atoms with Gasteiger partial charge in [-0.15, -0.1) is 0 Å². The summed E-state index contributed by atoms with van der Waals surface area (Å²) in [5, 5.41) is 0. The van der Waals surface area contributed by atoms with E-state index >= 15 is 0 Å². The van der Waals surface area contributed by atoms with E-state index in [1.807, 2.05) is 0 Å². The Balaban J connectivity index is 1.62. The molecule has 2 fully saturated rings. The number of rotatable bonds is 4. The number of carbonyl (C=O) groups is 1. The van der Waals surface area contributed by atoms with Crippen LogP contribution in [-0.2, 0) is 4.79 Å². The highest BCUT2D eigenvalue weighted by atomic mass is 32.2. The van der Waals surface area contributed by atoms with Crippen molar-refractivity contribution in [3.8, 4) is 11.6 Å². The van der Waals surface area contributed by atoms with Gasteiger partial charge >= 0.3 is 0 Å². The second-order valence-corrected chi connectivity index (χ2v) is 9.26. The number of para-hydroxylation sites is 1. The zero-order valence-corrected chi connectivity index (χ0v) is 18.5. The first-order valence-corrected chi connectivity index (χ1v) is 11.5. The van der Waals surface area contributed by atoms with E-state index in [2.05, 4.69) is 4.98 Å². The van der Waals surface area contributed by atoms with Crippen LogP contribution < -0.4 is 10.3 Å². The third-order valence-corrected chi connectivity index (χ3v) is 6.90. The van der Waals surface area contributed by atoms with Crippen LogP contribution in [0.5, 0.6) is 11.6 Å². The highest BCUT2D eigenvalue weighted by Crippen LogP contribution is 2.38. The van der Waals surface area contributed by atoms with Crippen molar-refractivity contribution >= 4 is 45.9 Å². The highest BCUT2D eigenvalue weighted by Gasteiger charge is 2.38. The number of amides is 1. The average Bonchev–Trinajstić information content (AvgIpc) is 3.40. The van der Waals surface area contributed by atoms with Crippen LogP contribution in [0, 0.1) is 5.82 Å². The summed E-state index contributed by atoms with van der Waals surface area (Å²) in [7, 11) is 0. The molecule has 32 heavy (non-hydrogen) atoms. The van der Waals surface area contributed by atoms with Crippen LogP contribution in [0.1, 0.15) is 31.2 Å². The van der Waals surface area contributed by atoms with Gasteiger partial charge in [-0.1, -0.05) is 55.0 Å². The molecular weight excluding hydrogens is 449 g/mol. The van der Waals surface area contributed by atoms with Crippen molar-refractivity contribution < 1.29 is 13.9 Å². The van der Waals surface area contributed by atoms with Gasteiger partial charge in [0.25, 0.3) is 11.5 Å². The van der Waals surface area contributed by atoms with Gasteiger partial charge in [-0.3, -0.25) is 18.9 Å². The third kappa shape index (κ3) is 3.71. The molecule has 0 bridgehead atoms. The fraction of sp³-hybridized carbons (Fsp3) is 0.217. The molecule has 1 aliphatic heterocycles. The lowest BCUT2D eigenvalue weighted by Crippen LogP contribution is -2.36. The quantitative estimate of drug-likeness (QED) is 0.407. The Bertz CT molecular complexity index is 1330. The molecule has 0 spiro atoms. The van der Waals surface area contributed by atoms with Gasteiger partial charge in [0.1, 0.15) is 15.5 Å². The molecule has 1 saturated heterocycles. The minimum absolute atomic E-state index is 0.0591. The summed E-state index contributed by atoms with van der Waals surface area (Å²) < 4.78 is 21.8. The maximum absolute atomic E-state index is 14.2. The van der Waals surface area contributed by atoms with Crippen LogP contribution in [-0.4, -0.2) is 30.6 Å². The summed E-state index contributed by atoms with van der Waals surface area (Å²) in [4.78, 5) is 32.8. The highest BCUT2D eigenvalue weighted by molar-refractivity contribution is 8.26. The standard InChI is InChI=1S/C23H18FN3O3S2/c24-16-9-3-4-10-17(16)30-20-15(21(28)26-12-6-5-11-19(26)25-20)13-18-22(29)27(23(31)32-18)14-7-1-2-8-14/h3-6,9-14H,1-2,7-8H2/b18-13+. The smallest absolute Gasteiger partial charge is 0.269 e. The van der Waals surface area contributed by atoms with Gasteiger partial charge in [-0.2, -0.15) is 4.98 Å². The Morgan fingerprint density at radius 1 is 1.12 bits per heavy atom. The number of benzene rings is 1. The Hall–Kier alpha value is -3.04. The lowest BCUT2D eigenvalue weighted by Gasteiger charge is -2.21. The van der Waals surface area contributed by atoms with Gasteiger partial charge in [-0.25, -0.2) is 4.39 Å². The van der Waals surface area contributed by atoms with Gasteiger partial charge in [0.2, 0.25) is 5.88 Å². The number of thiocarbonyl (C=S) groups is 1. The first-order chi connectivity index (χ1) is 15.5. The van der Waals surface area contributed by atoms with E-state index in [0.717, 1.165) is 37.4 Å². The minimum atomic E-state index is -0.582. The van der Waals surface area contributed by atoms with E-state index in [1.54, 1.807) is 41.4 Å². The van der Waals surface area contributed by atoms with Crippen molar-refractivity contribution in [1.29, 1.82) is 0 Å². The van der Waals surface area contributed by atoms with Crippen LogP contribution in [0.25, 0.3) is 11.7 Å². The Morgan fingerprint density at radius 3 is 2.66 bits per heavy atom. The molecule has 1 saturated carbocycles. The van der Waals surface area contributed by atoms with Gasteiger partial charge in [0.05, 0.1) is 4.91 Å². The predicted molar refractivity (Wildman–Crippen MR) is 125 cm³/mol. The molecule has 0 unspecified atom stereocenters. The number of fused-ring (bicyclic) bond motifs is 1. The van der Waals surface area contributed by atoms with Crippen LogP contribution in [0.2, 0.25) is 0 Å². The summed E-state index contributed by atoms with van der Waals surface area (Å²) in [5.41, 5.74) is -0.0172. The number of nitrogens with zero attached hydrogens (tertiary/aromatic N) is 3. The Kier molecular flexibility index (Phi) is 5.52. The van der Waals surface area contributed by atoms with Gasteiger partial charge in [-0.05, 0) is 43.2 Å². The van der Waals surface area contributed by atoms with Gasteiger partial charge < -0.3 is 4.74 Å². The molecule has 1 aliphatic carbocycles. The van der Waals surface area contributed by atoms with E-state index in [4.69, 9.17) is 17.0 Å². The monoisotopic (exact) mass is 467 g/mol. The topological polar surface area (TPSA) is 63.9 Å².